The van der Waals surface area contributed by atoms with E-state index in [0.717, 1.165) is 18.7 Å². The molecule has 0 saturated carbocycles. The highest BCUT2D eigenvalue weighted by Gasteiger charge is 2.16. The van der Waals surface area contributed by atoms with Gasteiger partial charge in [-0.25, -0.2) is 0 Å². The summed E-state index contributed by atoms with van der Waals surface area (Å²) < 4.78 is 0. The number of likely N-dealkylation sites (N-methyl/N-ethyl adjacent to an activating group) is 1. The molecule has 0 aliphatic rings. The van der Waals surface area contributed by atoms with Gasteiger partial charge in [-0.05, 0) is 38.7 Å². The molecular weight excluding hydrogens is 240 g/mol. The van der Waals surface area contributed by atoms with Gasteiger partial charge >= 0.3 is 0 Å². The smallest absolute Gasteiger partial charge is 0.242 e. The molecule has 0 aliphatic carbocycles. The van der Waals surface area contributed by atoms with Crippen LogP contribution < -0.4 is 10.6 Å². The van der Waals surface area contributed by atoms with Crippen molar-refractivity contribution in [3.63, 3.8) is 0 Å². The average molecular weight is 260 g/mol. The number of para-hydroxylation sites is 1. The Balaban J connectivity index is 2.67. The molecule has 5 nitrogen and oxygen atoms in total. The first-order chi connectivity index (χ1) is 9.19. The standard InChI is InChI=1S/C14H20N4O/c1-17(10-5-8-15)12-14(19)18(11-9-16)13-6-3-2-4-7-13/h2-4,6-7H,5,8,10-12,15H2,1H3. The number of amides is 1. The maximum atomic E-state index is 12.2. The molecule has 1 rings (SSSR count). The van der Waals surface area contributed by atoms with E-state index in [-0.39, 0.29) is 19.0 Å². The fourth-order valence-electron chi connectivity index (χ4n) is 1.76. The minimum Gasteiger partial charge on any atom is -0.330 e. The molecule has 0 radical (unpaired) electrons. The molecule has 0 atom stereocenters. The molecule has 1 aromatic carbocycles. The molecule has 1 amide bonds. The number of nitrogens with two attached hydrogens (primary N) is 1. The first-order valence-corrected chi connectivity index (χ1v) is 6.30. The van der Waals surface area contributed by atoms with Crippen LogP contribution in [0.15, 0.2) is 30.3 Å². The lowest BCUT2D eigenvalue weighted by Crippen LogP contribution is -2.39. The van der Waals surface area contributed by atoms with Gasteiger partial charge in [-0.2, -0.15) is 5.26 Å². The highest BCUT2D eigenvalue weighted by molar-refractivity contribution is 5.95. The maximum Gasteiger partial charge on any atom is 0.242 e. The van der Waals surface area contributed by atoms with Crippen LogP contribution in [0.4, 0.5) is 5.69 Å². The van der Waals surface area contributed by atoms with Crippen molar-refractivity contribution in [2.24, 2.45) is 5.73 Å². The van der Waals surface area contributed by atoms with Crippen LogP contribution in [0.2, 0.25) is 0 Å². The number of carbonyl (C=O) groups excluding carboxylic acids is 1. The normalized spacial score (nSPS) is 10.2. The Labute approximate surface area is 114 Å². The molecule has 102 valence electrons. The van der Waals surface area contributed by atoms with Crippen molar-refractivity contribution in [3.05, 3.63) is 30.3 Å². The van der Waals surface area contributed by atoms with Crippen LogP contribution in [0.1, 0.15) is 6.42 Å². The summed E-state index contributed by atoms with van der Waals surface area (Å²) in [7, 11) is 1.88. The zero-order valence-electron chi connectivity index (χ0n) is 11.2. The molecule has 0 aromatic heterocycles. The number of rotatable bonds is 7. The third kappa shape index (κ3) is 5.08. The van der Waals surface area contributed by atoms with Gasteiger partial charge in [0.2, 0.25) is 5.91 Å². The molecule has 0 fully saturated rings. The van der Waals surface area contributed by atoms with E-state index < -0.39 is 0 Å². The summed E-state index contributed by atoms with van der Waals surface area (Å²) in [6.07, 6.45) is 0.855. The molecule has 0 bridgehead atoms. The van der Waals surface area contributed by atoms with Crippen LogP contribution in [0.25, 0.3) is 0 Å². The van der Waals surface area contributed by atoms with Gasteiger partial charge in [0.05, 0.1) is 12.6 Å². The molecule has 2 N–H and O–H groups in total. The molecule has 0 aliphatic heterocycles. The number of anilines is 1. The summed E-state index contributed by atoms with van der Waals surface area (Å²) in [6.45, 7) is 1.74. The van der Waals surface area contributed by atoms with E-state index >= 15 is 0 Å². The van der Waals surface area contributed by atoms with Gasteiger partial charge in [0.15, 0.2) is 0 Å². The van der Waals surface area contributed by atoms with Crippen molar-refractivity contribution >= 4 is 11.6 Å². The quantitative estimate of drug-likeness (QED) is 0.737. The summed E-state index contributed by atoms with van der Waals surface area (Å²) in [4.78, 5) is 15.6. The highest BCUT2D eigenvalue weighted by Crippen LogP contribution is 2.13. The highest BCUT2D eigenvalue weighted by atomic mass is 16.2. The molecule has 5 heteroatoms. The molecule has 0 unspecified atom stereocenters. The van der Waals surface area contributed by atoms with Gasteiger partial charge in [0.1, 0.15) is 6.54 Å². The third-order valence-electron chi connectivity index (χ3n) is 2.75. The minimum atomic E-state index is -0.0766. The van der Waals surface area contributed by atoms with E-state index in [4.69, 9.17) is 11.0 Å². The fourth-order valence-corrected chi connectivity index (χ4v) is 1.76. The van der Waals surface area contributed by atoms with Crippen LogP contribution in [0.3, 0.4) is 0 Å². The predicted octanol–water partition coefficient (Wildman–Crippen LogP) is 0.824. The number of carbonyl (C=O) groups is 1. The van der Waals surface area contributed by atoms with Crippen molar-refractivity contribution < 1.29 is 4.79 Å². The summed E-state index contributed by atoms with van der Waals surface area (Å²) in [5.41, 5.74) is 6.19. The van der Waals surface area contributed by atoms with E-state index in [9.17, 15) is 4.79 Å². The third-order valence-corrected chi connectivity index (χ3v) is 2.75. The van der Waals surface area contributed by atoms with Crippen LogP contribution in [0.5, 0.6) is 0 Å². The van der Waals surface area contributed by atoms with E-state index in [1.165, 1.54) is 4.90 Å². The summed E-state index contributed by atoms with van der Waals surface area (Å²) >= 11 is 0. The number of nitrogens with zero attached hydrogens (tertiary/aromatic N) is 3. The van der Waals surface area contributed by atoms with Crippen LogP contribution in [-0.4, -0.2) is 44.0 Å². The van der Waals surface area contributed by atoms with E-state index in [1.54, 1.807) is 0 Å². The molecule has 0 heterocycles. The molecule has 1 aromatic rings. The Morgan fingerprint density at radius 3 is 2.63 bits per heavy atom. The van der Waals surface area contributed by atoms with Gasteiger partial charge in [-0.1, -0.05) is 18.2 Å². The van der Waals surface area contributed by atoms with Crippen molar-refractivity contribution in [2.75, 3.05) is 38.1 Å². The largest absolute Gasteiger partial charge is 0.330 e. The first kappa shape index (κ1) is 15.2. The zero-order chi connectivity index (χ0) is 14.1. The van der Waals surface area contributed by atoms with Gasteiger partial charge in [0, 0.05) is 5.69 Å². The number of nitriles is 1. The SMILES string of the molecule is CN(CCCN)CC(=O)N(CC#N)c1ccccc1. The second kappa shape index (κ2) is 8.25. The summed E-state index contributed by atoms with van der Waals surface area (Å²) in [5, 5.41) is 8.85. The van der Waals surface area contributed by atoms with Gasteiger partial charge in [-0.15, -0.1) is 0 Å². The van der Waals surface area contributed by atoms with Crippen LogP contribution in [0, 0.1) is 11.3 Å². The number of benzene rings is 1. The lowest BCUT2D eigenvalue weighted by molar-refractivity contribution is -0.119. The minimum absolute atomic E-state index is 0.0631. The van der Waals surface area contributed by atoms with E-state index in [0.29, 0.717) is 6.54 Å². The molecule has 19 heavy (non-hydrogen) atoms. The Kier molecular flexibility index (Phi) is 6.58. The molecule has 0 spiro atoms. The Morgan fingerprint density at radius 1 is 1.37 bits per heavy atom. The van der Waals surface area contributed by atoms with Crippen molar-refractivity contribution in [1.29, 1.82) is 5.26 Å². The van der Waals surface area contributed by atoms with E-state index in [2.05, 4.69) is 0 Å². The van der Waals surface area contributed by atoms with Crippen molar-refractivity contribution in [3.8, 4) is 6.07 Å². The van der Waals surface area contributed by atoms with Crippen LogP contribution >= 0.6 is 0 Å². The molecular formula is C14H20N4O. The van der Waals surface area contributed by atoms with Gasteiger partial charge in [-0.3, -0.25) is 14.6 Å². The van der Waals surface area contributed by atoms with Crippen molar-refractivity contribution in [2.45, 2.75) is 6.42 Å². The number of hydrogen-bond donors (Lipinski definition) is 1. The topological polar surface area (TPSA) is 73.4 Å². The van der Waals surface area contributed by atoms with Crippen molar-refractivity contribution in [1.82, 2.24) is 4.90 Å². The Bertz CT molecular complexity index is 427. The number of hydrogen-bond acceptors (Lipinski definition) is 4. The monoisotopic (exact) mass is 260 g/mol. The maximum absolute atomic E-state index is 12.2. The second-order valence-electron chi connectivity index (χ2n) is 4.35. The van der Waals surface area contributed by atoms with Gasteiger partial charge < -0.3 is 5.73 Å². The summed E-state index contributed by atoms with van der Waals surface area (Å²) in [6, 6.07) is 11.3. The average Bonchev–Trinajstić information content (AvgIpc) is 2.43. The van der Waals surface area contributed by atoms with Gasteiger partial charge in [0.25, 0.3) is 0 Å². The second-order valence-corrected chi connectivity index (χ2v) is 4.35. The molecule has 0 saturated heterocycles. The zero-order valence-corrected chi connectivity index (χ0v) is 11.2. The Hall–Kier alpha value is -1.90. The lowest BCUT2D eigenvalue weighted by atomic mass is 10.2. The summed E-state index contributed by atoms with van der Waals surface area (Å²) in [5.74, 6) is -0.0766. The lowest BCUT2D eigenvalue weighted by Gasteiger charge is -2.23. The fraction of sp³-hybridized carbons (Fsp3) is 0.429. The van der Waals surface area contributed by atoms with E-state index in [1.807, 2.05) is 48.3 Å². The predicted molar refractivity (Wildman–Crippen MR) is 75.6 cm³/mol. The van der Waals surface area contributed by atoms with Crippen LogP contribution in [-0.2, 0) is 4.79 Å². The Morgan fingerprint density at radius 2 is 2.05 bits per heavy atom. The first-order valence-electron chi connectivity index (χ1n) is 6.30.